The SMILES string of the molecule is CN1CCN(c2cccc(C(F)(F)F)c2)CC1.CN1CCN(c2ccccc2)CC1. The first-order valence-electron chi connectivity index (χ1n) is 10.4. The molecule has 2 heterocycles. The van der Waals surface area contributed by atoms with Crippen LogP contribution in [0.25, 0.3) is 0 Å². The quantitative estimate of drug-likeness (QED) is 0.731. The molecule has 0 radical (unpaired) electrons. The summed E-state index contributed by atoms with van der Waals surface area (Å²) in [6.45, 7) is 7.98. The highest BCUT2D eigenvalue weighted by molar-refractivity contribution is 5.49. The Hall–Kier alpha value is -2.25. The Bertz CT molecular complexity index is 766. The average Bonchev–Trinajstić information content (AvgIpc) is 2.75. The van der Waals surface area contributed by atoms with Gasteiger partial charge in [0.2, 0.25) is 0 Å². The van der Waals surface area contributed by atoms with Gasteiger partial charge in [0.15, 0.2) is 0 Å². The van der Waals surface area contributed by atoms with Crippen LogP contribution in [0.15, 0.2) is 54.6 Å². The molecule has 0 unspecified atom stereocenters. The Kier molecular flexibility index (Phi) is 7.61. The van der Waals surface area contributed by atoms with Gasteiger partial charge < -0.3 is 19.6 Å². The molecule has 0 amide bonds. The lowest BCUT2D eigenvalue weighted by atomic mass is 10.1. The zero-order valence-electron chi connectivity index (χ0n) is 17.8. The van der Waals surface area contributed by atoms with Crippen molar-refractivity contribution >= 4 is 11.4 Å². The van der Waals surface area contributed by atoms with E-state index in [1.807, 2.05) is 11.9 Å². The fraction of sp³-hybridized carbons (Fsp3) is 0.478. The van der Waals surface area contributed by atoms with Crippen molar-refractivity contribution in [3.63, 3.8) is 0 Å². The number of halogens is 3. The third kappa shape index (κ3) is 6.37. The lowest BCUT2D eigenvalue weighted by Gasteiger charge is -2.34. The maximum atomic E-state index is 12.6. The van der Waals surface area contributed by atoms with Gasteiger partial charge in [0.1, 0.15) is 0 Å². The summed E-state index contributed by atoms with van der Waals surface area (Å²) < 4.78 is 37.7. The van der Waals surface area contributed by atoms with Crippen LogP contribution in [0.3, 0.4) is 0 Å². The highest BCUT2D eigenvalue weighted by atomic mass is 19.4. The molecular weight excluding hydrogens is 389 g/mol. The number of hydrogen-bond donors (Lipinski definition) is 0. The summed E-state index contributed by atoms with van der Waals surface area (Å²) in [7, 11) is 4.20. The van der Waals surface area contributed by atoms with Gasteiger partial charge in [-0.2, -0.15) is 13.2 Å². The van der Waals surface area contributed by atoms with E-state index in [4.69, 9.17) is 0 Å². The minimum Gasteiger partial charge on any atom is -0.369 e. The number of rotatable bonds is 2. The summed E-state index contributed by atoms with van der Waals surface area (Å²) in [6, 6.07) is 16.2. The van der Waals surface area contributed by atoms with E-state index in [2.05, 4.69) is 52.1 Å². The molecule has 0 aliphatic carbocycles. The molecule has 4 nitrogen and oxygen atoms in total. The van der Waals surface area contributed by atoms with Crippen LogP contribution in [0.4, 0.5) is 24.5 Å². The molecule has 0 N–H and O–H groups in total. The number of anilines is 2. The van der Waals surface area contributed by atoms with E-state index >= 15 is 0 Å². The van der Waals surface area contributed by atoms with Gasteiger partial charge in [0.25, 0.3) is 0 Å². The Balaban J connectivity index is 0.000000177. The third-order valence-corrected chi connectivity index (χ3v) is 5.67. The summed E-state index contributed by atoms with van der Waals surface area (Å²) in [5, 5.41) is 0. The van der Waals surface area contributed by atoms with Crippen LogP contribution in [0, 0.1) is 0 Å². The number of piperazine rings is 2. The number of alkyl halides is 3. The van der Waals surface area contributed by atoms with Gasteiger partial charge in [0.05, 0.1) is 5.56 Å². The van der Waals surface area contributed by atoms with E-state index < -0.39 is 11.7 Å². The standard InChI is InChI=1S/C12H15F3N2.C11H16N2/c1-16-5-7-17(8-6-16)11-4-2-3-10(9-11)12(13,14)15;1-12-7-9-13(10-8-12)11-5-3-2-4-6-11/h2-4,9H,5-8H2,1H3;2-6H,7-10H2,1H3. The van der Waals surface area contributed by atoms with E-state index in [-0.39, 0.29) is 0 Å². The number of benzene rings is 2. The maximum Gasteiger partial charge on any atom is 0.416 e. The highest BCUT2D eigenvalue weighted by Gasteiger charge is 2.31. The average molecular weight is 421 g/mol. The topological polar surface area (TPSA) is 13.0 Å². The van der Waals surface area contributed by atoms with Crippen LogP contribution in [-0.4, -0.2) is 76.3 Å². The summed E-state index contributed by atoms with van der Waals surface area (Å²) in [6.07, 6.45) is -4.26. The first-order chi connectivity index (χ1) is 14.3. The van der Waals surface area contributed by atoms with Gasteiger partial charge >= 0.3 is 6.18 Å². The second-order valence-electron chi connectivity index (χ2n) is 7.96. The normalized spacial score (nSPS) is 18.7. The third-order valence-electron chi connectivity index (χ3n) is 5.67. The van der Waals surface area contributed by atoms with E-state index in [1.54, 1.807) is 6.07 Å². The zero-order chi connectivity index (χ0) is 21.6. The first-order valence-corrected chi connectivity index (χ1v) is 10.4. The Morgan fingerprint density at radius 3 is 1.57 bits per heavy atom. The fourth-order valence-corrected chi connectivity index (χ4v) is 3.65. The first kappa shape index (κ1) is 22.4. The molecule has 2 aromatic carbocycles. The summed E-state index contributed by atoms with van der Waals surface area (Å²) in [5.41, 5.74) is 1.44. The monoisotopic (exact) mass is 420 g/mol. The van der Waals surface area contributed by atoms with Crippen LogP contribution in [0.2, 0.25) is 0 Å². The molecule has 2 aliphatic rings. The molecule has 0 atom stereocenters. The molecular formula is C23H31F3N4. The van der Waals surface area contributed by atoms with E-state index in [0.717, 1.165) is 45.3 Å². The summed E-state index contributed by atoms with van der Waals surface area (Å²) >= 11 is 0. The van der Waals surface area contributed by atoms with E-state index in [1.165, 1.54) is 30.9 Å². The van der Waals surface area contributed by atoms with Gasteiger partial charge in [0, 0.05) is 63.7 Å². The molecule has 30 heavy (non-hydrogen) atoms. The molecule has 2 aromatic rings. The molecule has 2 fully saturated rings. The predicted molar refractivity (Wildman–Crippen MR) is 117 cm³/mol. The zero-order valence-corrected chi connectivity index (χ0v) is 17.8. The van der Waals surface area contributed by atoms with Gasteiger partial charge in [-0.25, -0.2) is 0 Å². The maximum absolute atomic E-state index is 12.6. The number of hydrogen-bond acceptors (Lipinski definition) is 4. The van der Waals surface area contributed by atoms with Crippen molar-refractivity contribution in [3.8, 4) is 0 Å². The molecule has 7 heteroatoms. The molecule has 0 bridgehead atoms. The lowest BCUT2D eigenvalue weighted by molar-refractivity contribution is -0.137. The second kappa shape index (κ2) is 10.2. The molecule has 0 saturated carbocycles. The summed E-state index contributed by atoms with van der Waals surface area (Å²) in [5.74, 6) is 0. The van der Waals surface area contributed by atoms with Crippen LogP contribution in [-0.2, 0) is 6.18 Å². The Morgan fingerprint density at radius 1 is 0.600 bits per heavy atom. The smallest absolute Gasteiger partial charge is 0.369 e. The van der Waals surface area contributed by atoms with Crippen molar-refractivity contribution in [2.24, 2.45) is 0 Å². The fourth-order valence-electron chi connectivity index (χ4n) is 3.65. The van der Waals surface area contributed by atoms with Crippen LogP contribution in [0.1, 0.15) is 5.56 Å². The van der Waals surface area contributed by atoms with Gasteiger partial charge in [-0.3, -0.25) is 0 Å². The van der Waals surface area contributed by atoms with Crippen molar-refractivity contribution in [3.05, 3.63) is 60.2 Å². The number of para-hydroxylation sites is 1. The minimum absolute atomic E-state index is 0.575. The Labute approximate surface area is 177 Å². The molecule has 2 saturated heterocycles. The largest absolute Gasteiger partial charge is 0.416 e. The van der Waals surface area contributed by atoms with E-state index in [0.29, 0.717) is 5.69 Å². The van der Waals surface area contributed by atoms with Crippen LogP contribution in [0.5, 0.6) is 0 Å². The van der Waals surface area contributed by atoms with Crippen LogP contribution < -0.4 is 9.80 Å². The highest BCUT2D eigenvalue weighted by Crippen LogP contribution is 2.31. The molecule has 164 valence electrons. The van der Waals surface area contributed by atoms with Gasteiger partial charge in [-0.1, -0.05) is 24.3 Å². The van der Waals surface area contributed by atoms with Crippen molar-refractivity contribution in [1.29, 1.82) is 0 Å². The Morgan fingerprint density at radius 2 is 1.07 bits per heavy atom. The molecule has 4 rings (SSSR count). The molecule has 2 aliphatic heterocycles. The second-order valence-corrected chi connectivity index (χ2v) is 7.96. The summed E-state index contributed by atoms with van der Waals surface area (Å²) in [4.78, 5) is 8.98. The number of likely N-dealkylation sites (N-methyl/N-ethyl adjacent to an activating group) is 2. The predicted octanol–water partition coefficient (Wildman–Crippen LogP) is 3.90. The van der Waals surface area contributed by atoms with Crippen molar-refractivity contribution in [2.45, 2.75) is 6.18 Å². The van der Waals surface area contributed by atoms with E-state index in [9.17, 15) is 13.2 Å². The molecule has 0 spiro atoms. The lowest BCUT2D eigenvalue weighted by Crippen LogP contribution is -2.44. The van der Waals surface area contributed by atoms with Gasteiger partial charge in [-0.15, -0.1) is 0 Å². The van der Waals surface area contributed by atoms with Crippen LogP contribution >= 0.6 is 0 Å². The minimum atomic E-state index is -4.26. The van der Waals surface area contributed by atoms with Crippen molar-refractivity contribution in [1.82, 2.24) is 9.80 Å². The van der Waals surface area contributed by atoms with Crippen molar-refractivity contribution < 1.29 is 13.2 Å². The molecule has 0 aromatic heterocycles. The number of nitrogens with zero attached hydrogens (tertiary/aromatic N) is 4. The van der Waals surface area contributed by atoms with Crippen molar-refractivity contribution in [2.75, 3.05) is 76.3 Å². The van der Waals surface area contributed by atoms with Gasteiger partial charge in [-0.05, 0) is 44.4 Å².